The van der Waals surface area contributed by atoms with Crippen molar-refractivity contribution >= 4 is 45.4 Å². The van der Waals surface area contributed by atoms with Crippen LogP contribution in [0.5, 0.6) is 0 Å². The first-order valence-electron chi connectivity index (χ1n) is 8.20. The number of ether oxygens (including phenoxy) is 2. The molecule has 1 aliphatic rings. The Balaban J connectivity index is 1.79. The Morgan fingerprint density at radius 1 is 1.33 bits per heavy atom. The first-order chi connectivity index (χ1) is 12.9. The third kappa shape index (κ3) is 6.33. The monoisotopic (exact) mass is 441 g/mol. The van der Waals surface area contributed by atoms with Crippen molar-refractivity contribution in [1.29, 1.82) is 0 Å². The number of hydrogen-bond acceptors (Lipinski definition) is 6. The molecule has 0 spiro atoms. The molecular formula is C17H20BrN3O6. The molecule has 2 rings (SSSR count). The van der Waals surface area contributed by atoms with Crippen molar-refractivity contribution in [2.24, 2.45) is 5.92 Å². The maximum atomic E-state index is 12.2. The predicted octanol–water partition coefficient (Wildman–Crippen LogP) is 0.817. The zero-order chi connectivity index (χ0) is 19.8. The largest absolute Gasteiger partial charge is 0.455 e. The summed E-state index contributed by atoms with van der Waals surface area (Å²) >= 11 is 3.34. The molecule has 0 saturated carbocycles. The second kappa shape index (κ2) is 10.0. The van der Waals surface area contributed by atoms with Gasteiger partial charge >= 0.3 is 12.0 Å². The molecule has 0 aromatic heterocycles. The van der Waals surface area contributed by atoms with Gasteiger partial charge in [0.05, 0.1) is 12.5 Å². The number of nitrogens with zero attached hydrogens (tertiary/aromatic N) is 1. The van der Waals surface area contributed by atoms with Gasteiger partial charge in [0.1, 0.15) is 0 Å². The number of carbonyl (C=O) groups excluding carboxylic acids is 4. The van der Waals surface area contributed by atoms with Gasteiger partial charge in [-0.3, -0.25) is 19.7 Å². The van der Waals surface area contributed by atoms with E-state index >= 15 is 0 Å². The summed E-state index contributed by atoms with van der Waals surface area (Å²) in [6.45, 7) is 0.122. The van der Waals surface area contributed by atoms with Crippen LogP contribution in [-0.4, -0.2) is 57.2 Å². The van der Waals surface area contributed by atoms with E-state index < -0.39 is 30.4 Å². The predicted molar refractivity (Wildman–Crippen MR) is 99.0 cm³/mol. The summed E-state index contributed by atoms with van der Waals surface area (Å²) in [5, 5.41) is 4.43. The number of urea groups is 1. The molecule has 10 heteroatoms. The number of esters is 1. The maximum absolute atomic E-state index is 12.2. The van der Waals surface area contributed by atoms with Gasteiger partial charge in [-0.2, -0.15) is 0 Å². The Hall–Kier alpha value is -2.46. The van der Waals surface area contributed by atoms with E-state index in [-0.39, 0.29) is 25.4 Å². The minimum atomic E-state index is -0.758. The highest BCUT2D eigenvalue weighted by Gasteiger charge is 2.36. The van der Waals surface area contributed by atoms with Crippen molar-refractivity contribution in [1.82, 2.24) is 10.6 Å². The Morgan fingerprint density at radius 3 is 2.81 bits per heavy atom. The van der Waals surface area contributed by atoms with Gasteiger partial charge in [-0.15, -0.1) is 0 Å². The number of methoxy groups -OCH3 is 1. The highest BCUT2D eigenvalue weighted by Crippen LogP contribution is 2.27. The van der Waals surface area contributed by atoms with E-state index in [1.165, 1.54) is 12.0 Å². The van der Waals surface area contributed by atoms with Gasteiger partial charge in [0, 0.05) is 36.8 Å². The summed E-state index contributed by atoms with van der Waals surface area (Å²) in [7, 11) is 1.48. The smallest absolute Gasteiger partial charge is 0.321 e. The zero-order valence-corrected chi connectivity index (χ0v) is 16.3. The Labute approximate surface area is 164 Å². The van der Waals surface area contributed by atoms with E-state index in [1.807, 2.05) is 11.4 Å². The normalized spacial score (nSPS) is 16.1. The molecule has 9 nitrogen and oxygen atoms in total. The molecule has 1 aliphatic heterocycles. The SMILES string of the molecule is COCCNC(=O)NC(=O)COC(=O)[C@@H]1CC(=O)N(c2cccc(Br)c2)C1. The molecule has 1 fully saturated rings. The molecule has 1 saturated heterocycles. The van der Waals surface area contributed by atoms with Crippen molar-refractivity contribution in [3.63, 3.8) is 0 Å². The number of benzene rings is 1. The minimum absolute atomic E-state index is 0.00443. The van der Waals surface area contributed by atoms with Gasteiger partial charge in [0.25, 0.3) is 5.91 Å². The van der Waals surface area contributed by atoms with Crippen LogP contribution in [-0.2, 0) is 23.9 Å². The van der Waals surface area contributed by atoms with Crippen molar-refractivity contribution in [2.45, 2.75) is 6.42 Å². The second-order valence-electron chi connectivity index (χ2n) is 5.79. The van der Waals surface area contributed by atoms with Crippen LogP contribution >= 0.6 is 15.9 Å². The number of carbonyl (C=O) groups is 4. The quantitative estimate of drug-likeness (QED) is 0.478. The molecule has 0 unspecified atom stereocenters. The van der Waals surface area contributed by atoms with Crippen LogP contribution in [0.15, 0.2) is 28.7 Å². The lowest BCUT2D eigenvalue weighted by molar-refractivity contribution is -0.152. The fraction of sp³-hybridized carbons (Fsp3) is 0.412. The number of nitrogens with one attached hydrogen (secondary N) is 2. The number of imide groups is 1. The number of rotatable bonds is 7. The van der Waals surface area contributed by atoms with E-state index in [4.69, 9.17) is 9.47 Å². The molecule has 1 aromatic carbocycles. The highest BCUT2D eigenvalue weighted by atomic mass is 79.9. The number of anilines is 1. The molecule has 146 valence electrons. The lowest BCUT2D eigenvalue weighted by atomic mass is 10.1. The number of halogens is 1. The van der Waals surface area contributed by atoms with Crippen LogP contribution < -0.4 is 15.5 Å². The molecule has 1 atom stereocenters. The van der Waals surface area contributed by atoms with Crippen molar-refractivity contribution in [3.8, 4) is 0 Å². The van der Waals surface area contributed by atoms with Crippen LogP contribution in [0.3, 0.4) is 0 Å². The highest BCUT2D eigenvalue weighted by molar-refractivity contribution is 9.10. The van der Waals surface area contributed by atoms with Crippen LogP contribution in [0.25, 0.3) is 0 Å². The van der Waals surface area contributed by atoms with E-state index in [0.29, 0.717) is 12.3 Å². The number of amides is 4. The fourth-order valence-corrected chi connectivity index (χ4v) is 2.87. The summed E-state index contributed by atoms with van der Waals surface area (Å²) in [5.41, 5.74) is 0.676. The molecule has 1 heterocycles. The van der Waals surface area contributed by atoms with Gasteiger partial charge < -0.3 is 19.7 Å². The third-order valence-electron chi connectivity index (χ3n) is 3.77. The first kappa shape index (κ1) is 20.8. The molecule has 0 bridgehead atoms. The molecule has 1 aromatic rings. The summed E-state index contributed by atoms with van der Waals surface area (Å²) in [4.78, 5) is 48.8. The summed E-state index contributed by atoms with van der Waals surface area (Å²) in [6, 6.07) is 6.47. The molecule has 4 amide bonds. The second-order valence-corrected chi connectivity index (χ2v) is 6.71. The lowest BCUT2D eigenvalue weighted by Crippen LogP contribution is -2.42. The van der Waals surface area contributed by atoms with Crippen molar-refractivity contribution in [3.05, 3.63) is 28.7 Å². The standard InChI is InChI=1S/C17H20BrN3O6/c1-26-6-5-19-17(25)20-14(22)10-27-16(24)11-7-15(23)21(9-11)13-4-2-3-12(18)8-13/h2-4,8,11H,5-7,9-10H2,1H3,(H2,19,20,22,25)/t11-/m1/s1. The Kier molecular flexibility index (Phi) is 7.74. The van der Waals surface area contributed by atoms with E-state index in [1.54, 1.807) is 18.2 Å². The minimum Gasteiger partial charge on any atom is -0.455 e. The summed E-state index contributed by atoms with van der Waals surface area (Å²) in [6.07, 6.45) is 0.00443. The number of hydrogen-bond donors (Lipinski definition) is 2. The van der Waals surface area contributed by atoms with Crippen LogP contribution in [0.2, 0.25) is 0 Å². The molecule has 27 heavy (non-hydrogen) atoms. The van der Waals surface area contributed by atoms with Gasteiger partial charge in [0.15, 0.2) is 6.61 Å². The Morgan fingerprint density at radius 2 is 2.11 bits per heavy atom. The van der Waals surface area contributed by atoms with E-state index in [2.05, 4.69) is 21.2 Å². The first-order valence-corrected chi connectivity index (χ1v) is 8.99. The van der Waals surface area contributed by atoms with Crippen molar-refractivity contribution in [2.75, 3.05) is 38.3 Å². The summed E-state index contributed by atoms with van der Waals surface area (Å²) in [5.74, 6) is -2.28. The van der Waals surface area contributed by atoms with Gasteiger partial charge in [-0.1, -0.05) is 22.0 Å². The van der Waals surface area contributed by atoms with Gasteiger partial charge in [-0.25, -0.2) is 4.79 Å². The van der Waals surface area contributed by atoms with E-state index in [0.717, 1.165) is 4.47 Å². The van der Waals surface area contributed by atoms with Gasteiger partial charge in [-0.05, 0) is 18.2 Å². The molecule has 2 N–H and O–H groups in total. The van der Waals surface area contributed by atoms with Gasteiger partial charge in [0.2, 0.25) is 5.91 Å². The molecule has 0 aliphatic carbocycles. The van der Waals surface area contributed by atoms with Crippen LogP contribution in [0, 0.1) is 5.92 Å². The fourth-order valence-electron chi connectivity index (χ4n) is 2.49. The maximum Gasteiger partial charge on any atom is 0.321 e. The lowest BCUT2D eigenvalue weighted by Gasteiger charge is -2.16. The molecule has 0 radical (unpaired) electrons. The zero-order valence-electron chi connectivity index (χ0n) is 14.7. The Bertz CT molecular complexity index is 726. The average molecular weight is 442 g/mol. The summed E-state index contributed by atoms with van der Waals surface area (Å²) < 4.78 is 10.5. The average Bonchev–Trinajstić information content (AvgIpc) is 3.02. The topological polar surface area (TPSA) is 114 Å². The third-order valence-corrected chi connectivity index (χ3v) is 4.26. The van der Waals surface area contributed by atoms with Crippen molar-refractivity contribution < 1.29 is 28.7 Å². The van der Waals surface area contributed by atoms with Crippen LogP contribution in [0.4, 0.5) is 10.5 Å². The molecular weight excluding hydrogens is 422 g/mol. The van der Waals surface area contributed by atoms with Crippen LogP contribution in [0.1, 0.15) is 6.42 Å². The van der Waals surface area contributed by atoms with E-state index in [9.17, 15) is 19.2 Å².